The van der Waals surface area contributed by atoms with Crippen LogP contribution in [0.1, 0.15) is 91.0 Å². The van der Waals surface area contributed by atoms with Gasteiger partial charge in [-0.1, -0.05) is 25.7 Å². The summed E-state index contributed by atoms with van der Waals surface area (Å²) in [7, 11) is -1.30. The van der Waals surface area contributed by atoms with E-state index >= 15 is 0 Å². The summed E-state index contributed by atoms with van der Waals surface area (Å²) in [6, 6.07) is 6.58. The number of nitrogens with zero attached hydrogens (tertiary/aromatic N) is 9. The first-order chi connectivity index (χ1) is 27.4. The monoisotopic (exact) mass is 808 g/mol. The van der Waals surface area contributed by atoms with Crippen molar-refractivity contribution in [2.45, 2.75) is 123 Å². The summed E-state index contributed by atoms with van der Waals surface area (Å²) >= 11 is 0. The highest BCUT2D eigenvalue weighted by Gasteiger charge is 2.37. The highest BCUT2D eigenvalue weighted by molar-refractivity contribution is 6.76. The van der Waals surface area contributed by atoms with Crippen molar-refractivity contribution >= 4 is 31.3 Å². The summed E-state index contributed by atoms with van der Waals surface area (Å²) in [5, 5.41) is 0. The SMILES string of the molecule is CC(C)(C)OC(=O)N1CCCC1c1ncc(-c2cnc(-c3cnc4cc(-c5cnc(C6CCCN6C(=O)OC(C)(C)C)n5COCC[Si](C)(C)C)ccc4n3)nc2)[nH]1. The van der Waals surface area contributed by atoms with Crippen molar-refractivity contribution in [3.63, 3.8) is 0 Å². The fraction of sp³-hybridized carbons (Fsp3) is 0.524. The number of aromatic amines is 1. The second kappa shape index (κ2) is 16.2. The summed E-state index contributed by atoms with van der Waals surface area (Å²) < 4.78 is 19.8. The number of fused-ring (bicyclic) bond motifs is 1. The minimum atomic E-state index is -1.30. The fourth-order valence-electron chi connectivity index (χ4n) is 7.25. The molecule has 58 heavy (non-hydrogen) atoms. The average molecular weight is 809 g/mol. The van der Waals surface area contributed by atoms with Gasteiger partial charge < -0.3 is 23.8 Å². The molecule has 6 heterocycles. The number of carbonyl (C=O) groups is 2. The van der Waals surface area contributed by atoms with Crippen molar-refractivity contribution in [1.29, 1.82) is 0 Å². The normalized spacial score (nSPS) is 17.7. The Morgan fingerprint density at radius 3 is 2.09 bits per heavy atom. The van der Waals surface area contributed by atoms with Crippen LogP contribution in [0.3, 0.4) is 0 Å². The van der Waals surface area contributed by atoms with Gasteiger partial charge in [0.25, 0.3) is 0 Å². The number of amides is 2. The van der Waals surface area contributed by atoms with E-state index in [0.29, 0.717) is 54.8 Å². The molecule has 2 fully saturated rings. The van der Waals surface area contributed by atoms with Crippen molar-refractivity contribution in [1.82, 2.24) is 49.3 Å². The van der Waals surface area contributed by atoms with E-state index in [9.17, 15) is 9.59 Å². The molecule has 4 aromatic heterocycles. The molecule has 7 rings (SSSR count). The van der Waals surface area contributed by atoms with Crippen LogP contribution in [0.5, 0.6) is 0 Å². The van der Waals surface area contributed by atoms with Gasteiger partial charge in [0, 0.05) is 51.3 Å². The Balaban J connectivity index is 1.10. The number of hydrogen-bond donors (Lipinski definition) is 1. The number of rotatable bonds is 10. The van der Waals surface area contributed by atoms with Gasteiger partial charge in [0.05, 0.1) is 53.1 Å². The largest absolute Gasteiger partial charge is 0.444 e. The van der Waals surface area contributed by atoms with Crippen LogP contribution in [-0.2, 0) is 20.9 Å². The van der Waals surface area contributed by atoms with E-state index in [-0.39, 0.29) is 24.3 Å². The molecule has 1 N–H and O–H groups in total. The molecule has 16 heteroatoms. The lowest BCUT2D eigenvalue weighted by molar-refractivity contribution is 0.0199. The molecule has 15 nitrogen and oxygen atoms in total. The Bertz CT molecular complexity index is 2250. The topological polar surface area (TPSA) is 166 Å². The summed E-state index contributed by atoms with van der Waals surface area (Å²) in [6.45, 7) is 20.5. The minimum Gasteiger partial charge on any atom is -0.444 e. The molecule has 308 valence electrons. The molecule has 1 aromatic carbocycles. The first-order valence-corrected chi connectivity index (χ1v) is 23.9. The van der Waals surface area contributed by atoms with Gasteiger partial charge >= 0.3 is 12.2 Å². The van der Waals surface area contributed by atoms with Crippen LogP contribution >= 0.6 is 0 Å². The smallest absolute Gasteiger partial charge is 0.410 e. The summed E-state index contributed by atoms with van der Waals surface area (Å²) in [6.07, 6.45) is 11.4. The fourth-order valence-corrected chi connectivity index (χ4v) is 8.01. The standard InChI is InChI=1S/C42H56N10O5Si/c1-41(2,3)56-39(53)50-16-10-12-33(50)37-46-23-31(49-37)28-21-44-36(45-22-28)32-24-43-30-20-27(14-15-29(30)48-32)35-25-47-38(52(35)26-55-18-19-58(7,8)9)34-13-11-17-51(34)40(54)57-42(4,5)6/h14-15,20-25,33-34H,10-13,16-19,26H2,1-9H3,(H,46,49). The van der Waals surface area contributed by atoms with Crippen LogP contribution in [0.2, 0.25) is 25.7 Å². The van der Waals surface area contributed by atoms with Crippen LogP contribution in [0, 0.1) is 0 Å². The number of aromatic nitrogens is 8. The Morgan fingerprint density at radius 1 is 0.776 bits per heavy atom. The Kier molecular flexibility index (Phi) is 11.4. The molecular weight excluding hydrogens is 753 g/mol. The van der Waals surface area contributed by atoms with E-state index in [1.54, 1.807) is 34.6 Å². The van der Waals surface area contributed by atoms with Gasteiger partial charge in [-0.2, -0.15) is 0 Å². The van der Waals surface area contributed by atoms with Crippen molar-refractivity contribution in [2.75, 3.05) is 19.7 Å². The average Bonchev–Trinajstić information content (AvgIpc) is 3.98. The molecule has 0 spiro atoms. The van der Waals surface area contributed by atoms with E-state index < -0.39 is 19.3 Å². The summed E-state index contributed by atoms with van der Waals surface area (Å²) in [5.74, 6) is 1.93. The van der Waals surface area contributed by atoms with E-state index in [1.807, 2.05) is 65.9 Å². The zero-order valence-corrected chi connectivity index (χ0v) is 36.2. The lowest BCUT2D eigenvalue weighted by atomic mass is 10.1. The number of ether oxygens (including phenoxy) is 3. The van der Waals surface area contributed by atoms with Gasteiger partial charge in [0.15, 0.2) is 5.82 Å². The Hall–Kier alpha value is -5.22. The van der Waals surface area contributed by atoms with Crippen molar-refractivity contribution in [3.8, 4) is 34.0 Å². The second-order valence-electron chi connectivity index (χ2n) is 18.4. The van der Waals surface area contributed by atoms with Crippen LogP contribution < -0.4 is 0 Å². The predicted molar refractivity (Wildman–Crippen MR) is 223 cm³/mol. The molecule has 0 aliphatic carbocycles. The minimum absolute atomic E-state index is 0.185. The lowest BCUT2D eigenvalue weighted by Gasteiger charge is -2.29. The predicted octanol–water partition coefficient (Wildman–Crippen LogP) is 8.80. The number of carbonyl (C=O) groups excluding carboxylic acids is 2. The zero-order chi connectivity index (χ0) is 41.4. The van der Waals surface area contributed by atoms with Gasteiger partial charge in [-0.3, -0.25) is 14.8 Å². The quantitative estimate of drug-likeness (QED) is 0.106. The zero-order valence-electron chi connectivity index (χ0n) is 35.2. The first kappa shape index (κ1) is 41.0. The highest BCUT2D eigenvalue weighted by atomic mass is 28.3. The number of benzene rings is 1. The Labute approximate surface area is 341 Å². The number of hydrogen-bond acceptors (Lipinski definition) is 11. The maximum atomic E-state index is 13.3. The van der Waals surface area contributed by atoms with E-state index in [0.717, 1.165) is 60.1 Å². The third-order valence-corrected chi connectivity index (χ3v) is 11.8. The summed E-state index contributed by atoms with van der Waals surface area (Å²) in [5.41, 5.74) is 4.08. The van der Waals surface area contributed by atoms with Crippen LogP contribution in [-0.4, -0.2) is 100 Å². The molecular formula is C42H56N10O5Si. The van der Waals surface area contributed by atoms with Crippen molar-refractivity contribution in [2.24, 2.45) is 0 Å². The molecule has 2 aliphatic heterocycles. The van der Waals surface area contributed by atoms with Crippen LogP contribution in [0.4, 0.5) is 9.59 Å². The van der Waals surface area contributed by atoms with Gasteiger partial charge in [0.2, 0.25) is 0 Å². The lowest BCUT2D eigenvalue weighted by Crippen LogP contribution is -2.37. The molecule has 0 bridgehead atoms. The maximum Gasteiger partial charge on any atom is 0.410 e. The second-order valence-corrected chi connectivity index (χ2v) is 24.0. The molecule has 2 aliphatic rings. The molecule has 0 saturated carbocycles. The number of H-pyrrole nitrogens is 1. The van der Waals surface area contributed by atoms with Gasteiger partial charge in [0.1, 0.15) is 35.3 Å². The van der Waals surface area contributed by atoms with Crippen molar-refractivity contribution in [3.05, 3.63) is 60.8 Å². The summed E-state index contributed by atoms with van der Waals surface area (Å²) in [4.78, 5) is 61.4. The molecule has 0 radical (unpaired) electrons. The highest BCUT2D eigenvalue weighted by Crippen LogP contribution is 2.36. The number of nitrogens with one attached hydrogen (secondary N) is 1. The molecule has 2 amide bonds. The van der Waals surface area contributed by atoms with E-state index in [4.69, 9.17) is 29.2 Å². The molecule has 2 atom stereocenters. The number of imidazole rings is 2. The molecule has 5 aromatic rings. The maximum absolute atomic E-state index is 13.3. The van der Waals surface area contributed by atoms with Crippen molar-refractivity contribution < 1.29 is 23.8 Å². The van der Waals surface area contributed by atoms with E-state index in [1.165, 1.54) is 0 Å². The molecule has 2 saturated heterocycles. The third-order valence-electron chi connectivity index (χ3n) is 10.1. The van der Waals surface area contributed by atoms with Gasteiger partial charge in [-0.05, 0) is 85.4 Å². The first-order valence-electron chi connectivity index (χ1n) is 20.2. The van der Waals surface area contributed by atoms with Crippen LogP contribution in [0.25, 0.3) is 45.1 Å². The van der Waals surface area contributed by atoms with Gasteiger partial charge in [-0.25, -0.2) is 34.5 Å². The molecule has 2 unspecified atom stereocenters. The van der Waals surface area contributed by atoms with Gasteiger partial charge in [-0.15, -0.1) is 0 Å². The van der Waals surface area contributed by atoms with E-state index in [2.05, 4.69) is 44.1 Å². The third kappa shape index (κ3) is 9.55. The van der Waals surface area contributed by atoms with Crippen LogP contribution in [0.15, 0.2) is 49.2 Å². The number of likely N-dealkylation sites (tertiary alicyclic amines) is 2. The Morgan fingerprint density at radius 2 is 1.43 bits per heavy atom.